The number of nitrogens with one attached hydrogen (secondary N) is 1. The zero-order valence-electron chi connectivity index (χ0n) is 13.6. The van der Waals surface area contributed by atoms with E-state index >= 15 is 0 Å². The summed E-state index contributed by atoms with van der Waals surface area (Å²) in [6.07, 6.45) is 1.62. The van der Waals surface area contributed by atoms with Crippen LogP contribution in [0.5, 0.6) is 0 Å². The predicted octanol–water partition coefficient (Wildman–Crippen LogP) is 1.92. The minimum Gasteiger partial charge on any atom is -0.338 e. The first-order valence-electron chi connectivity index (χ1n) is 7.13. The zero-order chi connectivity index (χ0) is 16.9. The molecular weight excluding hydrogens is 300 g/mol. The third-order valence-corrected chi connectivity index (χ3v) is 5.11. The minimum atomic E-state index is -3.59. The maximum absolute atomic E-state index is 12.5. The maximum atomic E-state index is 12.5. The molecule has 0 atom stereocenters. The molecule has 1 aromatic carbocycles. The lowest BCUT2D eigenvalue weighted by Crippen LogP contribution is -2.37. The van der Waals surface area contributed by atoms with E-state index in [2.05, 4.69) is 11.3 Å². The Bertz CT molecular complexity index is 643. The van der Waals surface area contributed by atoms with Crippen molar-refractivity contribution >= 4 is 15.9 Å². The third kappa shape index (κ3) is 4.68. The van der Waals surface area contributed by atoms with E-state index < -0.39 is 10.0 Å². The van der Waals surface area contributed by atoms with Crippen LogP contribution in [0.3, 0.4) is 0 Å². The summed E-state index contributed by atoms with van der Waals surface area (Å²) in [5, 5.41) is 0. The van der Waals surface area contributed by atoms with Crippen LogP contribution in [0, 0.1) is 20.8 Å². The molecular formula is C16H24N2O3S. The molecule has 0 aliphatic rings. The average Bonchev–Trinajstić information content (AvgIpc) is 2.35. The van der Waals surface area contributed by atoms with Gasteiger partial charge in [-0.15, -0.1) is 6.58 Å². The van der Waals surface area contributed by atoms with E-state index in [9.17, 15) is 13.2 Å². The largest absolute Gasteiger partial charge is 0.338 e. The van der Waals surface area contributed by atoms with E-state index in [1.807, 2.05) is 19.1 Å². The van der Waals surface area contributed by atoms with Crippen molar-refractivity contribution in [2.45, 2.75) is 32.6 Å². The van der Waals surface area contributed by atoms with Crippen molar-refractivity contribution < 1.29 is 13.2 Å². The molecule has 1 rings (SSSR count). The van der Waals surface area contributed by atoms with E-state index in [1.54, 1.807) is 19.9 Å². The number of aryl methyl sites for hydroxylation is 3. The fourth-order valence-electron chi connectivity index (χ4n) is 2.51. The third-order valence-electron chi connectivity index (χ3n) is 3.34. The van der Waals surface area contributed by atoms with E-state index in [0.29, 0.717) is 18.0 Å². The van der Waals surface area contributed by atoms with Crippen LogP contribution in [-0.2, 0) is 14.8 Å². The van der Waals surface area contributed by atoms with E-state index in [-0.39, 0.29) is 12.5 Å². The Morgan fingerprint density at radius 1 is 1.27 bits per heavy atom. The Kier molecular flexibility index (Phi) is 6.32. The normalized spacial score (nSPS) is 11.3. The first-order chi connectivity index (χ1) is 10.2. The van der Waals surface area contributed by atoms with Crippen LogP contribution in [0.15, 0.2) is 29.7 Å². The van der Waals surface area contributed by atoms with E-state index in [0.717, 1.165) is 16.7 Å². The molecule has 122 valence electrons. The fourth-order valence-corrected chi connectivity index (χ4v) is 3.98. The summed E-state index contributed by atoms with van der Waals surface area (Å²) in [5.41, 5.74) is 2.47. The summed E-state index contributed by atoms with van der Waals surface area (Å²) >= 11 is 0. The molecule has 0 spiro atoms. The standard InChI is InChI=1S/C16H24N2O3S/c1-6-8-18(15(5)19)9-7-17-22(20,21)16-13(3)10-12(2)11-14(16)4/h6,10-11,17H,1,7-9H2,2-5H3. The van der Waals surface area contributed by atoms with Gasteiger partial charge in [0.25, 0.3) is 0 Å². The summed E-state index contributed by atoms with van der Waals surface area (Å²) in [5.74, 6) is -0.109. The molecule has 0 bridgehead atoms. The molecule has 0 fully saturated rings. The zero-order valence-corrected chi connectivity index (χ0v) is 14.5. The van der Waals surface area contributed by atoms with Gasteiger partial charge < -0.3 is 4.90 Å². The van der Waals surface area contributed by atoms with Gasteiger partial charge in [0.1, 0.15) is 0 Å². The molecule has 0 saturated carbocycles. The molecule has 0 saturated heterocycles. The summed E-state index contributed by atoms with van der Waals surface area (Å²) < 4.78 is 27.5. The molecule has 0 aliphatic heterocycles. The second-order valence-electron chi connectivity index (χ2n) is 5.38. The van der Waals surface area contributed by atoms with Gasteiger partial charge in [-0.25, -0.2) is 13.1 Å². The smallest absolute Gasteiger partial charge is 0.241 e. The Morgan fingerprint density at radius 2 is 1.82 bits per heavy atom. The molecule has 0 heterocycles. The molecule has 0 unspecified atom stereocenters. The molecule has 1 aromatic rings. The van der Waals surface area contributed by atoms with Crippen molar-refractivity contribution in [3.8, 4) is 0 Å². The summed E-state index contributed by atoms with van der Waals surface area (Å²) in [4.78, 5) is 13.3. The number of sulfonamides is 1. The van der Waals surface area contributed by atoms with Crippen LogP contribution in [-0.4, -0.2) is 38.9 Å². The summed E-state index contributed by atoms with van der Waals surface area (Å²) in [6.45, 7) is 11.4. The molecule has 0 aliphatic carbocycles. The van der Waals surface area contributed by atoms with Gasteiger partial charge in [-0.1, -0.05) is 23.8 Å². The number of nitrogens with zero attached hydrogens (tertiary/aromatic N) is 1. The monoisotopic (exact) mass is 324 g/mol. The van der Waals surface area contributed by atoms with Crippen LogP contribution in [0.2, 0.25) is 0 Å². The van der Waals surface area contributed by atoms with Crippen molar-refractivity contribution in [1.82, 2.24) is 9.62 Å². The van der Waals surface area contributed by atoms with Gasteiger partial charge in [-0.05, 0) is 31.9 Å². The highest BCUT2D eigenvalue weighted by atomic mass is 32.2. The van der Waals surface area contributed by atoms with Crippen molar-refractivity contribution in [3.63, 3.8) is 0 Å². The Morgan fingerprint density at radius 3 is 2.27 bits per heavy atom. The molecule has 6 heteroatoms. The summed E-state index contributed by atoms with van der Waals surface area (Å²) in [7, 11) is -3.59. The van der Waals surface area contributed by atoms with Gasteiger partial charge in [0.05, 0.1) is 4.90 Å². The Labute approximate surface area is 133 Å². The van der Waals surface area contributed by atoms with E-state index in [4.69, 9.17) is 0 Å². The van der Waals surface area contributed by atoms with Crippen LogP contribution < -0.4 is 4.72 Å². The molecule has 5 nitrogen and oxygen atoms in total. The Hall–Kier alpha value is -1.66. The number of benzene rings is 1. The van der Waals surface area contributed by atoms with Crippen LogP contribution >= 0.6 is 0 Å². The van der Waals surface area contributed by atoms with Gasteiger partial charge in [0, 0.05) is 26.6 Å². The van der Waals surface area contributed by atoms with Gasteiger partial charge in [-0.2, -0.15) is 0 Å². The van der Waals surface area contributed by atoms with Gasteiger partial charge in [-0.3, -0.25) is 4.79 Å². The topological polar surface area (TPSA) is 66.5 Å². The van der Waals surface area contributed by atoms with Crippen molar-refractivity contribution in [2.24, 2.45) is 0 Å². The van der Waals surface area contributed by atoms with Gasteiger partial charge in [0.15, 0.2) is 0 Å². The highest BCUT2D eigenvalue weighted by Gasteiger charge is 2.19. The SMILES string of the molecule is C=CCN(CCNS(=O)(=O)c1c(C)cc(C)cc1C)C(C)=O. The quantitative estimate of drug-likeness (QED) is 0.779. The lowest BCUT2D eigenvalue weighted by molar-refractivity contribution is -0.128. The molecule has 1 N–H and O–H groups in total. The fraction of sp³-hybridized carbons (Fsp3) is 0.438. The minimum absolute atomic E-state index is 0.109. The predicted molar refractivity (Wildman–Crippen MR) is 88.3 cm³/mol. The van der Waals surface area contributed by atoms with Crippen LogP contribution in [0.25, 0.3) is 0 Å². The molecule has 22 heavy (non-hydrogen) atoms. The number of hydrogen-bond donors (Lipinski definition) is 1. The highest BCUT2D eigenvalue weighted by molar-refractivity contribution is 7.89. The van der Waals surface area contributed by atoms with Crippen molar-refractivity contribution in [2.75, 3.05) is 19.6 Å². The second kappa shape index (κ2) is 7.56. The van der Waals surface area contributed by atoms with Gasteiger partial charge in [0.2, 0.25) is 15.9 Å². The second-order valence-corrected chi connectivity index (χ2v) is 7.08. The molecule has 0 radical (unpaired) electrons. The first kappa shape index (κ1) is 18.4. The molecule has 1 amide bonds. The number of carbonyl (C=O) groups is 1. The number of hydrogen-bond acceptors (Lipinski definition) is 3. The highest BCUT2D eigenvalue weighted by Crippen LogP contribution is 2.21. The lowest BCUT2D eigenvalue weighted by atomic mass is 10.1. The number of carbonyl (C=O) groups excluding carboxylic acids is 1. The number of amides is 1. The van der Waals surface area contributed by atoms with Crippen molar-refractivity contribution in [1.29, 1.82) is 0 Å². The van der Waals surface area contributed by atoms with Crippen LogP contribution in [0.4, 0.5) is 0 Å². The number of rotatable bonds is 7. The average molecular weight is 324 g/mol. The summed E-state index contributed by atoms with van der Waals surface area (Å²) in [6, 6.07) is 3.70. The molecule has 0 aromatic heterocycles. The lowest BCUT2D eigenvalue weighted by Gasteiger charge is -2.20. The first-order valence-corrected chi connectivity index (χ1v) is 8.61. The van der Waals surface area contributed by atoms with E-state index in [1.165, 1.54) is 11.8 Å². The van der Waals surface area contributed by atoms with Crippen LogP contribution in [0.1, 0.15) is 23.6 Å². The maximum Gasteiger partial charge on any atom is 0.241 e. The van der Waals surface area contributed by atoms with Crippen molar-refractivity contribution in [3.05, 3.63) is 41.5 Å². The Balaban J connectivity index is 2.85. The van der Waals surface area contributed by atoms with Gasteiger partial charge >= 0.3 is 0 Å².